The second-order valence-electron chi connectivity index (χ2n) is 16.7. The number of ether oxygens (including phenoxy) is 3. The zero-order valence-corrected chi connectivity index (χ0v) is 40.8. The molecule has 0 aromatic heterocycles. The number of unbranched alkanes of at least 4 members (excludes halogenated alkanes) is 18. The first-order valence-corrected chi connectivity index (χ1v) is 25.7. The van der Waals surface area contributed by atoms with E-state index in [1.54, 1.807) is 0 Å². The molecule has 0 aliphatic heterocycles. The number of carbonyl (C=O) groups is 3. The highest BCUT2D eigenvalue weighted by Gasteiger charge is 2.19. The summed E-state index contributed by atoms with van der Waals surface area (Å²) in [6.07, 6.45) is 66.7. The summed E-state index contributed by atoms with van der Waals surface area (Å²) in [6, 6.07) is 0. The van der Waals surface area contributed by atoms with Crippen LogP contribution >= 0.6 is 0 Å². The Bertz CT molecular complexity index is 1280. The second-order valence-corrected chi connectivity index (χ2v) is 16.7. The first-order valence-electron chi connectivity index (χ1n) is 25.7. The van der Waals surface area contributed by atoms with E-state index in [4.69, 9.17) is 14.2 Å². The van der Waals surface area contributed by atoms with Gasteiger partial charge < -0.3 is 14.2 Å². The van der Waals surface area contributed by atoms with Gasteiger partial charge in [-0.05, 0) is 116 Å². The van der Waals surface area contributed by atoms with Gasteiger partial charge in [0, 0.05) is 19.3 Å². The molecule has 0 bridgehead atoms. The molecule has 0 aliphatic carbocycles. The highest BCUT2D eigenvalue weighted by molar-refractivity contribution is 5.71. The van der Waals surface area contributed by atoms with Crippen LogP contribution < -0.4 is 0 Å². The lowest BCUT2D eigenvalue weighted by Crippen LogP contribution is -2.30. The fourth-order valence-electron chi connectivity index (χ4n) is 6.73. The molecule has 63 heavy (non-hydrogen) atoms. The van der Waals surface area contributed by atoms with Crippen molar-refractivity contribution in [2.75, 3.05) is 13.2 Å². The molecule has 0 radical (unpaired) electrons. The molecule has 0 heterocycles. The second kappa shape index (κ2) is 51.0. The molecule has 0 aliphatic rings. The molecular weight excluding hydrogens is 781 g/mol. The maximum atomic E-state index is 12.8. The quantitative estimate of drug-likeness (QED) is 0.0262. The number of carbonyl (C=O) groups excluding carboxylic acids is 3. The van der Waals surface area contributed by atoms with Gasteiger partial charge >= 0.3 is 17.9 Å². The molecule has 0 saturated heterocycles. The van der Waals surface area contributed by atoms with Crippen LogP contribution in [0.4, 0.5) is 0 Å². The van der Waals surface area contributed by atoms with Crippen LogP contribution in [0.15, 0.2) is 97.2 Å². The summed E-state index contributed by atoms with van der Waals surface area (Å²) >= 11 is 0. The summed E-state index contributed by atoms with van der Waals surface area (Å²) in [5.74, 6) is -0.949. The van der Waals surface area contributed by atoms with Crippen molar-refractivity contribution in [3.63, 3.8) is 0 Å². The standard InChI is InChI=1S/C57H94O6/c1-4-7-10-13-16-19-22-25-28-31-34-37-40-43-46-49-55(58)61-52-54(63-57(60)51-48-45-42-39-36-33-30-27-24-21-18-15-12-9-6-3)53-62-56(59)50-47-44-41-38-35-32-29-26-23-20-17-14-11-8-5-2/h7,9-10,12,16-21,25-30,54H,4-6,8,11,13-15,22-24,31-53H2,1-3H3/b10-7-,12-9+,19-16-,20-17-,21-18+,28-25-,29-26-,30-27+. The molecule has 0 rings (SSSR count). The Hall–Kier alpha value is -3.67. The molecule has 0 fully saturated rings. The van der Waals surface area contributed by atoms with Crippen molar-refractivity contribution in [3.05, 3.63) is 97.2 Å². The number of allylic oxidation sites excluding steroid dienone is 16. The highest BCUT2D eigenvalue weighted by atomic mass is 16.6. The Morgan fingerprint density at radius 2 is 0.619 bits per heavy atom. The van der Waals surface area contributed by atoms with E-state index in [9.17, 15) is 14.4 Å². The molecule has 358 valence electrons. The van der Waals surface area contributed by atoms with Crippen molar-refractivity contribution < 1.29 is 28.6 Å². The van der Waals surface area contributed by atoms with E-state index in [-0.39, 0.29) is 31.1 Å². The summed E-state index contributed by atoms with van der Waals surface area (Å²) in [6.45, 7) is 6.34. The lowest BCUT2D eigenvalue weighted by molar-refractivity contribution is -0.167. The van der Waals surface area contributed by atoms with Crippen LogP contribution in [-0.2, 0) is 28.6 Å². The van der Waals surface area contributed by atoms with Gasteiger partial charge in [-0.25, -0.2) is 0 Å². The maximum absolute atomic E-state index is 12.8. The average Bonchev–Trinajstić information content (AvgIpc) is 3.28. The number of esters is 3. The van der Waals surface area contributed by atoms with Crippen LogP contribution in [-0.4, -0.2) is 37.2 Å². The molecule has 0 aromatic rings. The molecular formula is C57H94O6. The van der Waals surface area contributed by atoms with Crippen molar-refractivity contribution in [2.24, 2.45) is 0 Å². The summed E-state index contributed by atoms with van der Waals surface area (Å²) in [5, 5.41) is 0. The Morgan fingerprint density at radius 1 is 0.333 bits per heavy atom. The zero-order valence-electron chi connectivity index (χ0n) is 40.8. The molecule has 6 nitrogen and oxygen atoms in total. The molecule has 6 heteroatoms. The minimum atomic E-state index is -0.800. The number of hydrogen-bond donors (Lipinski definition) is 0. The SMILES string of the molecule is CC/C=C\C/C=C\C/C=C\CCCCCCCC(=O)OCC(COC(=O)CCCCCCC/C=C\C/C=C\CCCCC)OC(=O)CCCCCCC/C=C/C/C=C/C/C=C/CC. The van der Waals surface area contributed by atoms with E-state index in [0.29, 0.717) is 19.3 Å². The van der Waals surface area contributed by atoms with Crippen LogP contribution in [0.5, 0.6) is 0 Å². The van der Waals surface area contributed by atoms with Crippen LogP contribution in [0.1, 0.15) is 226 Å². The summed E-state index contributed by atoms with van der Waals surface area (Å²) in [4.78, 5) is 38.0. The van der Waals surface area contributed by atoms with Gasteiger partial charge in [-0.15, -0.1) is 0 Å². The minimum Gasteiger partial charge on any atom is -0.462 e. The fraction of sp³-hybridized carbons (Fsp3) is 0.667. The van der Waals surface area contributed by atoms with Gasteiger partial charge in [0.15, 0.2) is 6.10 Å². The van der Waals surface area contributed by atoms with Gasteiger partial charge in [0.2, 0.25) is 0 Å². The summed E-state index contributed by atoms with van der Waals surface area (Å²) in [5.41, 5.74) is 0. The van der Waals surface area contributed by atoms with Gasteiger partial charge in [0.25, 0.3) is 0 Å². The van der Waals surface area contributed by atoms with Crippen molar-refractivity contribution in [2.45, 2.75) is 232 Å². The predicted octanol–water partition coefficient (Wildman–Crippen LogP) is 17.0. The monoisotopic (exact) mass is 875 g/mol. The Morgan fingerprint density at radius 3 is 0.968 bits per heavy atom. The van der Waals surface area contributed by atoms with Gasteiger partial charge in [-0.1, -0.05) is 189 Å². The third-order valence-corrected chi connectivity index (χ3v) is 10.6. The Kier molecular flexibility index (Phi) is 48.0. The predicted molar refractivity (Wildman–Crippen MR) is 270 cm³/mol. The van der Waals surface area contributed by atoms with E-state index in [1.807, 2.05) is 0 Å². The lowest BCUT2D eigenvalue weighted by atomic mass is 10.1. The molecule has 0 amide bonds. The molecule has 1 unspecified atom stereocenters. The van der Waals surface area contributed by atoms with E-state index in [1.165, 1.54) is 25.7 Å². The minimum absolute atomic E-state index is 0.0988. The van der Waals surface area contributed by atoms with E-state index in [0.717, 1.165) is 161 Å². The van der Waals surface area contributed by atoms with Crippen LogP contribution in [0, 0.1) is 0 Å². The van der Waals surface area contributed by atoms with Gasteiger partial charge in [0.1, 0.15) is 13.2 Å². The van der Waals surface area contributed by atoms with Crippen LogP contribution in [0.3, 0.4) is 0 Å². The third-order valence-electron chi connectivity index (χ3n) is 10.6. The molecule has 1 atom stereocenters. The van der Waals surface area contributed by atoms with Gasteiger partial charge in [0.05, 0.1) is 0 Å². The third kappa shape index (κ3) is 49.2. The van der Waals surface area contributed by atoms with Crippen molar-refractivity contribution in [3.8, 4) is 0 Å². The Labute approximate surface area is 387 Å². The Balaban J connectivity index is 4.48. The summed E-state index contributed by atoms with van der Waals surface area (Å²) < 4.78 is 16.8. The molecule has 0 N–H and O–H groups in total. The number of hydrogen-bond acceptors (Lipinski definition) is 6. The molecule has 0 spiro atoms. The van der Waals surface area contributed by atoms with Gasteiger partial charge in [-0.3, -0.25) is 14.4 Å². The van der Waals surface area contributed by atoms with E-state index < -0.39 is 6.10 Å². The van der Waals surface area contributed by atoms with Crippen molar-refractivity contribution >= 4 is 17.9 Å². The lowest BCUT2D eigenvalue weighted by Gasteiger charge is -2.18. The van der Waals surface area contributed by atoms with E-state index >= 15 is 0 Å². The maximum Gasteiger partial charge on any atom is 0.306 e. The topological polar surface area (TPSA) is 78.9 Å². The first kappa shape index (κ1) is 59.3. The fourth-order valence-corrected chi connectivity index (χ4v) is 6.73. The van der Waals surface area contributed by atoms with Gasteiger partial charge in [-0.2, -0.15) is 0 Å². The molecule has 0 saturated carbocycles. The largest absolute Gasteiger partial charge is 0.462 e. The van der Waals surface area contributed by atoms with E-state index in [2.05, 4.69) is 118 Å². The smallest absolute Gasteiger partial charge is 0.306 e. The van der Waals surface area contributed by atoms with Crippen LogP contribution in [0.2, 0.25) is 0 Å². The normalized spacial score (nSPS) is 12.9. The van der Waals surface area contributed by atoms with Crippen LogP contribution in [0.25, 0.3) is 0 Å². The first-order chi connectivity index (χ1) is 31.0. The zero-order chi connectivity index (χ0) is 45.8. The highest BCUT2D eigenvalue weighted by Crippen LogP contribution is 2.13. The number of rotatable bonds is 45. The summed E-state index contributed by atoms with van der Waals surface area (Å²) in [7, 11) is 0. The average molecular weight is 875 g/mol. The molecule has 0 aromatic carbocycles. The van der Waals surface area contributed by atoms with Crippen molar-refractivity contribution in [1.82, 2.24) is 0 Å². The van der Waals surface area contributed by atoms with Crippen molar-refractivity contribution in [1.29, 1.82) is 0 Å².